The van der Waals surface area contributed by atoms with Crippen molar-refractivity contribution in [3.05, 3.63) is 82.3 Å². The minimum Gasteiger partial charge on any atom is -0.497 e. The number of benzene rings is 3. The highest BCUT2D eigenvalue weighted by molar-refractivity contribution is 7.93. The molecule has 0 fully saturated rings. The molecule has 30 heavy (non-hydrogen) atoms. The van der Waals surface area contributed by atoms with Crippen molar-refractivity contribution < 1.29 is 17.9 Å². The van der Waals surface area contributed by atoms with Gasteiger partial charge >= 0.3 is 0 Å². The molecule has 156 valence electrons. The summed E-state index contributed by atoms with van der Waals surface area (Å²) < 4.78 is 32.4. The molecule has 0 aliphatic rings. The highest BCUT2D eigenvalue weighted by Gasteiger charge is 2.25. The van der Waals surface area contributed by atoms with Crippen LogP contribution in [-0.2, 0) is 10.0 Å². The number of methoxy groups -OCH3 is 1. The van der Waals surface area contributed by atoms with Crippen LogP contribution >= 0.6 is 23.2 Å². The summed E-state index contributed by atoms with van der Waals surface area (Å²) in [7, 11) is -1.09. The lowest BCUT2D eigenvalue weighted by molar-refractivity contribution is 0.102. The van der Waals surface area contributed by atoms with Gasteiger partial charge in [-0.05, 0) is 54.6 Å². The second-order valence-electron chi connectivity index (χ2n) is 6.28. The maximum absolute atomic E-state index is 13.1. The molecule has 3 rings (SSSR count). The molecule has 1 N–H and O–H groups in total. The summed E-state index contributed by atoms with van der Waals surface area (Å²) in [6.07, 6.45) is 0. The summed E-state index contributed by atoms with van der Waals surface area (Å²) in [6, 6.07) is 17.2. The molecule has 0 unspecified atom stereocenters. The van der Waals surface area contributed by atoms with Gasteiger partial charge < -0.3 is 10.1 Å². The molecule has 0 aliphatic heterocycles. The van der Waals surface area contributed by atoms with Gasteiger partial charge in [-0.3, -0.25) is 9.10 Å². The van der Waals surface area contributed by atoms with Gasteiger partial charge in [0.25, 0.3) is 15.9 Å². The molecule has 9 heteroatoms. The Labute approximate surface area is 185 Å². The molecule has 0 atom stereocenters. The van der Waals surface area contributed by atoms with Gasteiger partial charge in [-0.2, -0.15) is 0 Å². The highest BCUT2D eigenvalue weighted by Crippen LogP contribution is 2.29. The largest absolute Gasteiger partial charge is 0.497 e. The van der Waals surface area contributed by atoms with Crippen LogP contribution in [0, 0.1) is 0 Å². The third-order valence-corrected chi connectivity index (χ3v) is 6.87. The van der Waals surface area contributed by atoms with Crippen molar-refractivity contribution in [1.29, 1.82) is 0 Å². The van der Waals surface area contributed by atoms with Gasteiger partial charge in [-0.25, -0.2) is 8.42 Å². The molecule has 6 nitrogen and oxygen atoms in total. The van der Waals surface area contributed by atoms with Crippen molar-refractivity contribution in [3.8, 4) is 5.75 Å². The maximum Gasteiger partial charge on any atom is 0.265 e. The Hall–Kier alpha value is -2.74. The summed E-state index contributed by atoms with van der Waals surface area (Å²) in [4.78, 5) is 12.5. The van der Waals surface area contributed by atoms with Crippen LogP contribution in [0.4, 0.5) is 11.4 Å². The van der Waals surface area contributed by atoms with Crippen molar-refractivity contribution in [3.63, 3.8) is 0 Å². The molecular formula is C21H18Cl2N2O4S. The van der Waals surface area contributed by atoms with E-state index in [1.54, 1.807) is 48.5 Å². The Morgan fingerprint density at radius 2 is 1.70 bits per heavy atom. The van der Waals surface area contributed by atoms with E-state index in [4.69, 9.17) is 27.9 Å². The number of nitrogens with zero attached hydrogens (tertiary/aromatic N) is 1. The van der Waals surface area contributed by atoms with Gasteiger partial charge in [-0.15, -0.1) is 0 Å². The Bertz CT molecular complexity index is 1180. The molecule has 0 saturated carbocycles. The molecule has 0 radical (unpaired) electrons. The lowest BCUT2D eigenvalue weighted by atomic mass is 10.2. The van der Waals surface area contributed by atoms with Crippen LogP contribution in [0.5, 0.6) is 5.75 Å². The SMILES string of the molecule is COc1cccc(NC(=O)c2ccc(Cl)c(S(=O)(=O)N(C)c3ccc(Cl)cc3)c2)c1. The van der Waals surface area contributed by atoms with Gasteiger partial charge in [0.15, 0.2) is 0 Å². The van der Waals surface area contributed by atoms with Crippen LogP contribution in [0.3, 0.4) is 0 Å². The number of amides is 1. The smallest absolute Gasteiger partial charge is 0.265 e. The van der Waals surface area contributed by atoms with E-state index in [0.717, 1.165) is 4.31 Å². The Morgan fingerprint density at radius 1 is 1.00 bits per heavy atom. The van der Waals surface area contributed by atoms with Gasteiger partial charge in [0, 0.05) is 29.4 Å². The van der Waals surface area contributed by atoms with Crippen molar-refractivity contribution in [2.24, 2.45) is 0 Å². The Balaban J connectivity index is 1.92. The summed E-state index contributed by atoms with van der Waals surface area (Å²) in [5, 5.41) is 3.21. The van der Waals surface area contributed by atoms with Gasteiger partial charge in [0.2, 0.25) is 0 Å². The average Bonchev–Trinajstić information content (AvgIpc) is 2.74. The monoisotopic (exact) mass is 464 g/mol. The molecule has 3 aromatic carbocycles. The van der Waals surface area contributed by atoms with Crippen molar-refractivity contribution in [2.45, 2.75) is 4.90 Å². The standard InChI is InChI=1S/C21H18Cl2N2O4S/c1-25(17-9-7-15(22)8-10-17)30(27,28)20-12-14(6-11-19(20)23)21(26)24-16-4-3-5-18(13-16)29-2/h3-13H,1-2H3,(H,24,26). The molecule has 1 amide bonds. The zero-order valence-corrected chi connectivity index (χ0v) is 18.4. The number of nitrogens with one attached hydrogen (secondary N) is 1. The van der Waals surface area contributed by atoms with Gasteiger partial charge in [-0.1, -0.05) is 29.3 Å². The first-order valence-electron chi connectivity index (χ1n) is 8.72. The van der Waals surface area contributed by atoms with E-state index in [0.29, 0.717) is 22.1 Å². The van der Waals surface area contributed by atoms with Crippen LogP contribution < -0.4 is 14.4 Å². The number of rotatable bonds is 6. The summed E-state index contributed by atoms with van der Waals surface area (Å²) >= 11 is 12.0. The van der Waals surface area contributed by atoms with Crippen LogP contribution in [0.1, 0.15) is 10.4 Å². The predicted molar refractivity (Wildman–Crippen MR) is 119 cm³/mol. The fraction of sp³-hybridized carbons (Fsp3) is 0.0952. The molecular weight excluding hydrogens is 447 g/mol. The van der Waals surface area contributed by atoms with E-state index < -0.39 is 15.9 Å². The first kappa shape index (κ1) is 22.0. The number of carbonyl (C=O) groups is 1. The average molecular weight is 465 g/mol. The maximum atomic E-state index is 13.1. The topological polar surface area (TPSA) is 75.7 Å². The van der Waals surface area contributed by atoms with E-state index in [2.05, 4.69) is 5.32 Å². The van der Waals surface area contributed by atoms with E-state index in [9.17, 15) is 13.2 Å². The van der Waals surface area contributed by atoms with Crippen LogP contribution in [0.15, 0.2) is 71.6 Å². The number of hydrogen-bond donors (Lipinski definition) is 1. The lowest BCUT2D eigenvalue weighted by Gasteiger charge is -2.20. The molecule has 3 aromatic rings. The van der Waals surface area contributed by atoms with Gasteiger partial charge in [0.1, 0.15) is 10.6 Å². The fourth-order valence-electron chi connectivity index (χ4n) is 2.68. The first-order chi connectivity index (χ1) is 14.2. The predicted octanol–water partition coefficient (Wildman–Crippen LogP) is 5.08. The van der Waals surface area contributed by atoms with E-state index >= 15 is 0 Å². The number of anilines is 2. The van der Waals surface area contributed by atoms with Crippen LogP contribution in [0.25, 0.3) is 0 Å². The zero-order chi connectivity index (χ0) is 21.9. The lowest BCUT2D eigenvalue weighted by Crippen LogP contribution is -2.27. The minimum absolute atomic E-state index is 0.00810. The first-order valence-corrected chi connectivity index (χ1v) is 10.9. The Kier molecular flexibility index (Phi) is 6.55. The molecule has 0 aliphatic carbocycles. The third kappa shape index (κ3) is 4.70. The van der Waals surface area contributed by atoms with E-state index in [1.807, 2.05) is 0 Å². The number of ether oxygens (including phenoxy) is 1. The zero-order valence-electron chi connectivity index (χ0n) is 16.1. The summed E-state index contributed by atoms with van der Waals surface area (Å²) in [5.74, 6) is 0.0993. The second-order valence-corrected chi connectivity index (χ2v) is 9.06. The number of hydrogen-bond acceptors (Lipinski definition) is 4. The molecule has 0 aromatic heterocycles. The molecule has 0 spiro atoms. The quantitative estimate of drug-likeness (QED) is 0.551. The summed E-state index contributed by atoms with van der Waals surface area (Å²) in [6.45, 7) is 0. The van der Waals surface area contributed by atoms with E-state index in [-0.39, 0.29) is 15.5 Å². The molecule has 0 saturated heterocycles. The van der Waals surface area contributed by atoms with Gasteiger partial charge in [0.05, 0.1) is 17.8 Å². The molecule has 0 heterocycles. The van der Waals surface area contributed by atoms with Crippen molar-refractivity contribution in [1.82, 2.24) is 0 Å². The van der Waals surface area contributed by atoms with E-state index in [1.165, 1.54) is 32.4 Å². The fourth-order valence-corrected chi connectivity index (χ4v) is 4.50. The van der Waals surface area contributed by atoms with Crippen LogP contribution in [-0.4, -0.2) is 28.5 Å². The molecule has 0 bridgehead atoms. The second kappa shape index (κ2) is 8.95. The number of halogens is 2. The number of carbonyl (C=O) groups excluding carboxylic acids is 1. The normalized spacial score (nSPS) is 11.1. The summed E-state index contributed by atoms with van der Waals surface area (Å²) in [5.41, 5.74) is 1.06. The third-order valence-electron chi connectivity index (χ3n) is 4.35. The van der Waals surface area contributed by atoms with Crippen LogP contribution in [0.2, 0.25) is 10.0 Å². The Morgan fingerprint density at radius 3 is 2.37 bits per heavy atom. The minimum atomic E-state index is -4.02. The number of sulfonamides is 1. The van der Waals surface area contributed by atoms with Crippen molar-refractivity contribution >= 4 is 50.5 Å². The highest BCUT2D eigenvalue weighted by atomic mass is 35.5. The van der Waals surface area contributed by atoms with Crippen molar-refractivity contribution in [2.75, 3.05) is 23.8 Å².